The molecule has 1 aliphatic rings. The van der Waals surface area contributed by atoms with Gasteiger partial charge in [-0.15, -0.1) is 15.3 Å². The number of halogens is 3. The largest absolute Gasteiger partial charge is 0.453 e. The van der Waals surface area contributed by atoms with Gasteiger partial charge in [-0.25, -0.2) is 4.79 Å². The summed E-state index contributed by atoms with van der Waals surface area (Å²) in [6.07, 6.45) is -3.62. The monoisotopic (exact) mass is 474 g/mol. The number of carbonyl (C=O) groups is 1. The van der Waals surface area contributed by atoms with Crippen molar-refractivity contribution in [3.05, 3.63) is 46.6 Å². The van der Waals surface area contributed by atoms with Crippen molar-refractivity contribution < 1.29 is 18.0 Å². The number of alkyl halides is 3. The van der Waals surface area contributed by atoms with Crippen LogP contribution in [0.25, 0.3) is 16.7 Å². The Morgan fingerprint density at radius 2 is 1.74 bits per heavy atom. The second-order valence-electron chi connectivity index (χ2n) is 8.34. The van der Waals surface area contributed by atoms with Crippen LogP contribution >= 0.6 is 0 Å². The maximum absolute atomic E-state index is 13.1. The third-order valence-electron chi connectivity index (χ3n) is 6.23. The highest BCUT2D eigenvalue weighted by Crippen LogP contribution is 2.29. The van der Waals surface area contributed by atoms with Gasteiger partial charge >= 0.3 is 11.9 Å². The molecule has 0 aliphatic carbocycles. The van der Waals surface area contributed by atoms with Gasteiger partial charge in [0.05, 0.1) is 11.0 Å². The van der Waals surface area contributed by atoms with E-state index in [9.17, 15) is 22.8 Å². The molecule has 1 N–H and O–H groups in total. The lowest BCUT2D eigenvalue weighted by Gasteiger charge is -2.32. The lowest BCUT2D eigenvalue weighted by molar-refractivity contribution is -0.146. The normalized spacial score (nSPS) is 15.4. The minimum Gasteiger partial charge on any atom is -0.355 e. The van der Waals surface area contributed by atoms with Crippen molar-refractivity contribution in [2.24, 2.45) is 20.0 Å². The van der Waals surface area contributed by atoms with Crippen molar-refractivity contribution in [2.75, 3.05) is 23.3 Å². The molecule has 4 heterocycles. The number of benzene rings is 1. The highest BCUT2D eigenvalue weighted by Gasteiger charge is 2.38. The average Bonchev–Trinajstić information content (AvgIpc) is 3.34. The Bertz CT molecular complexity index is 1460. The second kappa shape index (κ2) is 7.85. The molecule has 4 aromatic rings. The molecule has 3 aromatic heterocycles. The molecule has 0 spiro atoms. The molecule has 1 aliphatic heterocycles. The van der Waals surface area contributed by atoms with Crippen LogP contribution in [0.1, 0.15) is 18.7 Å². The van der Waals surface area contributed by atoms with Crippen LogP contribution in [0.4, 0.5) is 24.7 Å². The topological polar surface area (TPSA) is 102 Å². The van der Waals surface area contributed by atoms with E-state index >= 15 is 0 Å². The smallest absolute Gasteiger partial charge is 0.355 e. The van der Waals surface area contributed by atoms with Crippen molar-refractivity contribution >= 4 is 34.1 Å². The van der Waals surface area contributed by atoms with Gasteiger partial charge in [0.25, 0.3) is 5.82 Å². The van der Waals surface area contributed by atoms with Crippen LogP contribution in [-0.2, 0) is 25.1 Å². The second-order valence-corrected chi connectivity index (χ2v) is 8.34. The van der Waals surface area contributed by atoms with Crippen LogP contribution in [0.5, 0.6) is 0 Å². The Kier molecular flexibility index (Phi) is 5.06. The number of carbonyl (C=O) groups excluding carboxylic acids is 1. The highest BCUT2D eigenvalue weighted by molar-refractivity contribution is 5.94. The van der Waals surface area contributed by atoms with Gasteiger partial charge in [-0.3, -0.25) is 13.9 Å². The summed E-state index contributed by atoms with van der Waals surface area (Å²) >= 11 is 0. The molecule has 0 saturated carbocycles. The molecule has 0 unspecified atom stereocenters. The van der Waals surface area contributed by atoms with E-state index in [0.29, 0.717) is 47.5 Å². The number of nitrogens with zero attached hydrogens (tertiary/aromatic N) is 7. The number of fused-ring (bicyclic) bond motifs is 2. The number of hydrogen-bond donors (Lipinski definition) is 1. The van der Waals surface area contributed by atoms with Gasteiger partial charge in [0, 0.05) is 38.8 Å². The van der Waals surface area contributed by atoms with Crippen molar-refractivity contribution in [3.8, 4) is 0 Å². The zero-order valence-corrected chi connectivity index (χ0v) is 18.4. The molecule has 0 radical (unpaired) electrons. The van der Waals surface area contributed by atoms with Crippen LogP contribution in [0.3, 0.4) is 0 Å². The number of hydrogen-bond acceptors (Lipinski definition) is 6. The zero-order chi connectivity index (χ0) is 24.2. The molecule has 1 aromatic carbocycles. The van der Waals surface area contributed by atoms with E-state index < -0.39 is 12.0 Å². The third kappa shape index (κ3) is 3.66. The Morgan fingerprint density at radius 3 is 2.44 bits per heavy atom. The molecule has 5 rings (SSSR count). The van der Waals surface area contributed by atoms with Crippen LogP contribution in [0.2, 0.25) is 0 Å². The lowest BCUT2D eigenvalue weighted by atomic mass is 9.96. The Hall–Kier alpha value is -3.90. The minimum atomic E-state index is -4.66. The molecule has 1 saturated heterocycles. The number of aromatic nitrogens is 6. The van der Waals surface area contributed by atoms with E-state index in [-0.39, 0.29) is 23.2 Å². The summed E-state index contributed by atoms with van der Waals surface area (Å²) in [7, 11) is 3.37. The molecule has 0 atom stereocenters. The average molecular weight is 474 g/mol. The minimum absolute atomic E-state index is 0.0122. The molecule has 34 heavy (non-hydrogen) atoms. The van der Waals surface area contributed by atoms with Crippen LogP contribution < -0.4 is 15.9 Å². The van der Waals surface area contributed by atoms with Crippen LogP contribution in [0, 0.1) is 5.92 Å². The summed E-state index contributed by atoms with van der Waals surface area (Å²) in [5, 5.41) is 13.7. The first-order valence-corrected chi connectivity index (χ1v) is 10.6. The standard InChI is InChI=1S/C21H21F3N8O2/c1-29-14-4-3-13(11-15(14)30(2)20(29)34)25-18(33)12-7-9-31(10-8-12)17-6-5-16-26-27-19(21(22,23)24)32(16)28-17/h3-6,11-12H,7-10H2,1-2H3,(H,25,33). The molecular weight excluding hydrogens is 453 g/mol. The summed E-state index contributed by atoms with van der Waals surface area (Å²) < 4.78 is 43.2. The molecule has 1 fully saturated rings. The van der Waals surface area contributed by atoms with Crippen molar-refractivity contribution in [2.45, 2.75) is 19.0 Å². The summed E-state index contributed by atoms with van der Waals surface area (Å²) in [6.45, 7) is 0.929. The van der Waals surface area contributed by atoms with Crippen molar-refractivity contribution in [3.63, 3.8) is 0 Å². The van der Waals surface area contributed by atoms with E-state index in [2.05, 4.69) is 20.6 Å². The van der Waals surface area contributed by atoms with Crippen molar-refractivity contribution in [1.82, 2.24) is 28.9 Å². The van der Waals surface area contributed by atoms with E-state index in [1.807, 2.05) is 4.90 Å². The van der Waals surface area contributed by atoms with Crippen LogP contribution in [-0.4, -0.2) is 47.9 Å². The maximum Gasteiger partial charge on any atom is 0.453 e. The van der Waals surface area contributed by atoms with Gasteiger partial charge in [-0.2, -0.15) is 17.7 Å². The summed E-state index contributed by atoms with van der Waals surface area (Å²) in [5.74, 6) is -1.20. The third-order valence-corrected chi connectivity index (χ3v) is 6.23. The fraction of sp³-hybridized carbons (Fsp3) is 0.381. The van der Waals surface area contributed by atoms with Gasteiger partial charge in [0.15, 0.2) is 5.65 Å². The highest BCUT2D eigenvalue weighted by atomic mass is 19.4. The quantitative estimate of drug-likeness (QED) is 0.489. The zero-order valence-electron chi connectivity index (χ0n) is 18.4. The van der Waals surface area contributed by atoms with Gasteiger partial charge in [-0.1, -0.05) is 0 Å². The molecule has 1 amide bonds. The first-order valence-electron chi connectivity index (χ1n) is 10.6. The molecule has 10 nitrogen and oxygen atoms in total. The van der Waals surface area contributed by atoms with E-state index in [4.69, 9.17) is 0 Å². The summed E-state index contributed by atoms with van der Waals surface area (Å²) in [5.41, 5.74) is 1.95. The van der Waals surface area contributed by atoms with E-state index in [1.54, 1.807) is 42.9 Å². The predicted molar refractivity (Wildman–Crippen MR) is 118 cm³/mol. The molecule has 178 valence electrons. The Morgan fingerprint density at radius 1 is 1.03 bits per heavy atom. The van der Waals surface area contributed by atoms with Gasteiger partial charge < -0.3 is 10.2 Å². The van der Waals surface area contributed by atoms with Gasteiger partial charge in [0.2, 0.25) is 5.91 Å². The number of amides is 1. The number of imidazole rings is 1. The predicted octanol–water partition coefficient (Wildman–Crippen LogP) is 2.19. The Labute approximate surface area is 190 Å². The number of piperidine rings is 1. The molecule has 13 heteroatoms. The van der Waals surface area contributed by atoms with Gasteiger partial charge in [0.1, 0.15) is 5.82 Å². The maximum atomic E-state index is 13.1. The molecular formula is C21H21F3N8O2. The Balaban J connectivity index is 1.27. The van der Waals surface area contributed by atoms with E-state index in [1.165, 1.54) is 10.6 Å². The van der Waals surface area contributed by atoms with Crippen molar-refractivity contribution in [1.29, 1.82) is 0 Å². The number of aryl methyl sites for hydroxylation is 2. The number of rotatable bonds is 3. The fourth-order valence-electron chi connectivity index (χ4n) is 4.32. The number of nitrogens with one attached hydrogen (secondary N) is 1. The number of anilines is 2. The van der Waals surface area contributed by atoms with E-state index in [0.717, 1.165) is 5.52 Å². The summed E-state index contributed by atoms with van der Waals surface area (Å²) in [6, 6.07) is 8.35. The summed E-state index contributed by atoms with van der Waals surface area (Å²) in [4.78, 5) is 26.8. The SMILES string of the molecule is Cn1c(=O)n(C)c2cc(NC(=O)C3CCN(c4ccc5nnc(C(F)(F)F)n5n4)CC3)ccc21. The van der Waals surface area contributed by atoms with Gasteiger partial charge in [-0.05, 0) is 43.2 Å². The molecule has 0 bridgehead atoms. The van der Waals surface area contributed by atoms with Crippen LogP contribution in [0.15, 0.2) is 35.1 Å². The lowest BCUT2D eigenvalue weighted by Crippen LogP contribution is -2.38. The first kappa shape index (κ1) is 21.9. The first-order chi connectivity index (χ1) is 16.1. The fourth-order valence-corrected chi connectivity index (χ4v) is 4.32.